The van der Waals surface area contributed by atoms with Crippen molar-refractivity contribution in [1.82, 2.24) is 14.9 Å². The minimum absolute atomic E-state index is 0.197. The third kappa shape index (κ3) is 3.46. The van der Waals surface area contributed by atoms with Crippen LogP contribution in [0.15, 0.2) is 6.33 Å². The molecule has 0 bridgehead atoms. The van der Waals surface area contributed by atoms with Crippen LogP contribution in [0, 0.1) is 0 Å². The van der Waals surface area contributed by atoms with Gasteiger partial charge in [0.25, 0.3) is 0 Å². The average Bonchev–Trinajstić information content (AvgIpc) is 2.81. The smallest absolute Gasteiger partial charge is 0.237 e. The Bertz CT molecular complexity index is 508. The number of rotatable bonds is 6. The molecule has 2 rings (SSSR count). The molecule has 0 spiro atoms. The van der Waals surface area contributed by atoms with Crippen molar-refractivity contribution >= 4 is 5.91 Å². The molecule has 1 aliphatic rings. The number of amides is 1. The lowest BCUT2D eigenvalue weighted by Gasteiger charge is -2.33. The summed E-state index contributed by atoms with van der Waals surface area (Å²) < 4.78 is 2.23. The topological polar surface area (TPSA) is 72.9 Å². The zero-order chi connectivity index (χ0) is 15.6. The van der Waals surface area contributed by atoms with E-state index in [1.54, 1.807) is 0 Å². The van der Waals surface area contributed by atoms with Crippen LogP contribution in [0.2, 0.25) is 0 Å². The van der Waals surface area contributed by atoms with E-state index in [0.717, 1.165) is 12.8 Å². The van der Waals surface area contributed by atoms with Crippen molar-refractivity contribution in [3.05, 3.63) is 17.7 Å². The number of nitrogens with one attached hydrogen (secondary N) is 1. The van der Waals surface area contributed by atoms with Gasteiger partial charge in [-0.1, -0.05) is 0 Å². The van der Waals surface area contributed by atoms with Gasteiger partial charge < -0.3 is 15.6 Å². The second-order valence-corrected chi connectivity index (χ2v) is 6.80. The Morgan fingerprint density at radius 1 is 1.43 bits per heavy atom. The van der Waals surface area contributed by atoms with E-state index in [4.69, 9.17) is 5.73 Å². The Morgan fingerprint density at radius 3 is 2.71 bits per heavy atom. The predicted molar refractivity (Wildman–Crippen MR) is 84.1 cm³/mol. The van der Waals surface area contributed by atoms with Crippen molar-refractivity contribution in [1.29, 1.82) is 0 Å². The maximum atomic E-state index is 11.9. The zero-order valence-corrected chi connectivity index (χ0v) is 13.6. The van der Waals surface area contributed by atoms with E-state index in [-0.39, 0.29) is 18.0 Å². The summed E-state index contributed by atoms with van der Waals surface area (Å²) in [6, 6.07) is 0.412. The van der Waals surface area contributed by atoms with Gasteiger partial charge >= 0.3 is 0 Å². The Labute approximate surface area is 127 Å². The van der Waals surface area contributed by atoms with Crippen molar-refractivity contribution in [2.75, 3.05) is 0 Å². The highest BCUT2D eigenvalue weighted by Crippen LogP contribution is 2.27. The molecule has 1 heterocycles. The van der Waals surface area contributed by atoms with Gasteiger partial charge in [0.2, 0.25) is 5.91 Å². The molecule has 3 N–H and O–H groups in total. The lowest BCUT2D eigenvalue weighted by molar-refractivity contribution is -0.124. The fourth-order valence-corrected chi connectivity index (χ4v) is 3.43. The van der Waals surface area contributed by atoms with Crippen LogP contribution in [-0.4, -0.2) is 27.0 Å². The second kappa shape index (κ2) is 6.18. The highest BCUT2D eigenvalue weighted by Gasteiger charge is 2.34. The lowest BCUT2D eigenvalue weighted by Crippen LogP contribution is -2.56. The fraction of sp³-hybridized carbons (Fsp3) is 0.750. The Hall–Kier alpha value is -1.36. The maximum Gasteiger partial charge on any atom is 0.237 e. The molecular formula is C16H28N4O. The van der Waals surface area contributed by atoms with Crippen molar-refractivity contribution < 1.29 is 4.79 Å². The number of aromatic nitrogens is 2. The number of imidazole rings is 1. The molecule has 1 amide bonds. The molecule has 0 saturated heterocycles. The van der Waals surface area contributed by atoms with Gasteiger partial charge in [-0.05, 0) is 59.8 Å². The summed E-state index contributed by atoms with van der Waals surface area (Å²) in [6.45, 7) is 8.10. The van der Waals surface area contributed by atoms with Gasteiger partial charge in [-0.25, -0.2) is 4.98 Å². The predicted octanol–water partition coefficient (Wildman–Crippen LogP) is 1.95. The fourth-order valence-electron chi connectivity index (χ4n) is 3.43. The molecule has 5 nitrogen and oxygen atoms in total. The van der Waals surface area contributed by atoms with Crippen LogP contribution < -0.4 is 11.1 Å². The van der Waals surface area contributed by atoms with Gasteiger partial charge in [-0.2, -0.15) is 0 Å². The quantitative estimate of drug-likeness (QED) is 0.841. The first kappa shape index (κ1) is 16.0. The summed E-state index contributed by atoms with van der Waals surface area (Å²) in [7, 11) is 0. The molecule has 2 unspecified atom stereocenters. The van der Waals surface area contributed by atoms with Gasteiger partial charge in [-0.15, -0.1) is 0 Å². The first-order valence-corrected chi connectivity index (χ1v) is 7.95. The van der Waals surface area contributed by atoms with Gasteiger partial charge in [0.15, 0.2) is 0 Å². The summed E-state index contributed by atoms with van der Waals surface area (Å²) in [5.41, 5.74) is 7.50. The first-order valence-electron chi connectivity index (χ1n) is 7.95. The molecule has 0 aromatic carbocycles. The van der Waals surface area contributed by atoms with Crippen LogP contribution >= 0.6 is 0 Å². The van der Waals surface area contributed by atoms with Crippen molar-refractivity contribution in [3.63, 3.8) is 0 Å². The van der Waals surface area contributed by atoms with Gasteiger partial charge in [-0.3, -0.25) is 4.79 Å². The van der Waals surface area contributed by atoms with Crippen molar-refractivity contribution in [2.45, 2.75) is 77.4 Å². The zero-order valence-electron chi connectivity index (χ0n) is 13.6. The SMILES string of the molecule is CC(C)NC(C)(CC(C)n1cnc2c1CCCC2)C(N)=O. The molecule has 0 saturated carbocycles. The minimum Gasteiger partial charge on any atom is -0.368 e. The van der Waals surface area contributed by atoms with Crippen LogP contribution in [-0.2, 0) is 17.6 Å². The second-order valence-electron chi connectivity index (χ2n) is 6.80. The number of aryl methyl sites for hydroxylation is 1. The summed E-state index contributed by atoms with van der Waals surface area (Å²) in [5, 5.41) is 3.32. The molecule has 0 radical (unpaired) electrons. The number of hydrogen-bond donors (Lipinski definition) is 2. The molecule has 1 aromatic heterocycles. The number of fused-ring (bicyclic) bond motifs is 1. The molecule has 2 atom stereocenters. The molecule has 0 aliphatic heterocycles. The molecule has 21 heavy (non-hydrogen) atoms. The van der Waals surface area contributed by atoms with E-state index >= 15 is 0 Å². The average molecular weight is 292 g/mol. The lowest BCUT2D eigenvalue weighted by atomic mass is 9.91. The first-order chi connectivity index (χ1) is 9.83. The van der Waals surface area contributed by atoms with Gasteiger partial charge in [0.05, 0.1) is 17.6 Å². The largest absolute Gasteiger partial charge is 0.368 e. The molecule has 118 valence electrons. The number of hydrogen-bond acceptors (Lipinski definition) is 3. The molecule has 1 aromatic rings. The Kier molecular flexibility index (Phi) is 4.71. The van der Waals surface area contributed by atoms with E-state index in [9.17, 15) is 4.79 Å². The summed E-state index contributed by atoms with van der Waals surface area (Å²) in [5.74, 6) is -0.294. The van der Waals surface area contributed by atoms with Crippen molar-refractivity contribution in [3.8, 4) is 0 Å². The van der Waals surface area contributed by atoms with E-state index in [2.05, 4.69) is 21.8 Å². The van der Waals surface area contributed by atoms with Gasteiger partial charge in [0, 0.05) is 17.8 Å². The highest BCUT2D eigenvalue weighted by atomic mass is 16.1. The van der Waals surface area contributed by atoms with Crippen LogP contribution in [0.5, 0.6) is 0 Å². The number of carbonyl (C=O) groups is 1. The van der Waals surface area contributed by atoms with E-state index in [1.165, 1.54) is 24.2 Å². The van der Waals surface area contributed by atoms with Crippen LogP contribution in [0.3, 0.4) is 0 Å². The number of nitrogens with zero attached hydrogens (tertiary/aromatic N) is 2. The molecule has 1 aliphatic carbocycles. The third-order valence-corrected chi connectivity index (χ3v) is 4.39. The number of nitrogens with two attached hydrogens (primary N) is 1. The molecular weight excluding hydrogens is 264 g/mol. The van der Waals surface area contributed by atoms with Crippen LogP contribution in [0.1, 0.15) is 64.4 Å². The standard InChI is InChI=1S/C16H28N4O/c1-11(2)19-16(4,15(17)21)9-12(3)20-10-18-13-7-5-6-8-14(13)20/h10-12,19H,5-9H2,1-4H3,(H2,17,21). The Morgan fingerprint density at radius 2 is 2.10 bits per heavy atom. The monoisotopic (exact) mass is 292 g/mol. The van der Waals surface area contributed by atoms with Gasteiger partial charge in [0.1, 0.15) is 0 Å². The normalized spacial score (nSPS) is 19.1. The van der Waals surface area contributed by atoms with Crippen LogP contribution in [0.4, 0.5) is 0 Å². The number of carbonyl (C=O) groups excluding carboxylic acids is 1. The summed E-state index contributed by atoms with van der Waals surface area (Å²) in [4.78, 5) is 16.4. The molecule has 0 fully saturated rings. The third-order valence-electron chi connectivity index (χ3n) is 4.39. The van der Waals surface area contributed by atoms with E-state index in [0.29, 0.717) is 6.42 Å². The Balaban J connectivity index is 2.17. The number of primary amides is 1. The van der Waals surface area contributed by atoms with Crippen LogP contribution in [0.25, 0.3) is 0 Å². The van der Waals surface area contributed by atoms with E-state index in [1.807, 2.05) is 27.1 Å². The molecule has 5 heteroatoms. The minimum atomic E-state index is -0.695. The van der Waals surface area contributed by atoms with Crippen molar-refractivity contribution in [2.24, 2.45) is 5.73 Å². The summed E-state index contributed by atoms with van der Waals surface area (Å²) >= 11 is 0. The highest BCUT2D eigenvalue weighted by molar-refractivity contribution is 5.84. The van der Waals surface area contributed by atoms with E-state index < -0.39 is 5.54 Å². The summed E-state index contributed by atoms with van der Waals surface area (Å²) in [6.07, 6.45) is 7.22. The maximum absolute atomic E-state index is 11.9.